The summed E-state index contributed by atoms with van der Waals surface area (Å²) in [6.45, 7) is 5.66. The number of hydrogen-bond donors (Lipinski definition) is 1. The third kappa shape index (κ3) is 4.04. The van der Waals surface area contributed by atoms with Crippen molar-refractivity contribution >= 4 is 6.03 Å². The van der Waals surface area contributed by atoms with Crippen LogP contribution in [0.2, 0.25) is 0 Å². The quantitative estimate of drug-likeness (QED) is 0.908. The molecule has 0 aromatic heterocycles. The summed E-state index contributed by atoms with van der Waals surface area (Å²) in [4.78, 5) is 17.5. The Balaban J connectivity index is 2.02. The molecule has 1 heterocycles. The molecule has 1 aromatic rings. The topological polar surface area (TPSA) is 60.0 Å². The second-order valence-electron chi connectivity index (χ2n) is 5.16. The number of carbonyl (C=O) groups excluding carboxylic acids is 1. The zero-order chi connectivity index (χ0) is 15.9. The van der Waals surface area contributed by atoms with E-state index in [4.69, 9.17) is 14.3 Å². The Morgan fingerprint density at radius 3 is 2.86 bits per heavy atom. The van der Waals surface area contributed by atoms with Crippen molar-refractivity contribution in [2.45, 2.75) is 32.7 Å². The molecule has 1 N–H and O–H groups in total. The van der Waals surface area contributed by atoms with Crippen molar-refractivity contribution in [3.63, 3.8) is 0 Å². The Hall–Kier alpha value is -1.95. The van der Waals surface area contributed by atoms with E-state index in [9.17, 15) is 4.79 Å². The minimum Gasteiger partial charge on any atom is -0.493 e. The van der Waals surface area contributed by atoms with Crippen LogP contribution in [0, 0.1) is 0 Å². The number of ether oxygens (including phenoxy) is 2. The number of nitrogens with one attached hydrogen (secondary N) is 1. The molecule has 6 heteroatoms. The van der Waals surface area contributed by atoms with Crippen LogP contribution in [0.1, 0.15) is 38.3 Å². The average Bonchev–Trinajstić information content (AvgIpc) is 2.56. The fraction of sp³-hybridized carbons (Fsp3) is 0.562. The molecule has 1 aromatic carbocycles. The predicted molar refractivity (Wildman–Crippen MR) is 83.0 cm³/mol. The molecule has 1 fully saturated rings. The molecule has 2 amide bonds. The van der Waals surface area contributed by atoms with Gasteiger partial charge in [0.2, 0.25) is 0 Å². The molecule has 122 valence electrons. The first kappa shape index (κ1) is 16.4. The van der Waals surface area contributed by atoms with Gasteiger partial charge in [0.05, 0.1) is 32.9 Å². The van der Waals surface area contributed by atoms with E-state index in [1.165, 1.54) is 5.06 Å². The van der Waals surface area contributed by atoms with Crippen molar-refractivity contribution in [3.05, 3.63) is 23.8 Å². The van der Waals surface area contributed by atoms with Gasteiger partial charge in [0.25, 0.3) is 0 Å². The maximum atomic E-state index is 12.1. The van der Waals surface area contributed by atoms with E-state index in [-0.39, 0.29) is 12.1 Å². The predicted octanol–water partition coefficient (Wildman–Crippen LogP) is 2.89. The van der Waals surface area contributed by atoms with Crippen LogP contribution in [0.15, 0.2) is 18.2 Å². The van der Waals surface area contributed by atoms with Crippen LogP contribution >= 0.6 is 0 Å². The van der Waals surface area contributed by atoms with E-state index in [1.54, 1.807) is 7.11 Å². The van der Waals surface area contributed by atoms with Gasteiger partial charge in [-0.05, 0) is 44.4 Å². The second-order valence-corrected chi connectivity index (χ2v) is 5.16. The van der Waals surface area contributed by atoms with Gasteiger partial charge in [-0.1, -0.05) is 6.07 Å². The van der Waals surface area contributed by atoms with Crippen molar-refractivity contribution in [1.29, 1.82) is 0 Å². The standard InChI is InChI=1S/C16H24N2O4/c1-4-21-14-8-7-13(11-15(14)20-3)12(2)17-16(19)18-9-5-6-10-22-18/h7-8,11-12H,4-6,9-10H2,1-3H3,(H,17,19). The summed E-state index contributed by atoms with van der Waals surface area (Å²) in [6, 6.07) is 5.31. The molecule has 1 unspecified atom stereocenters. The summed E-state index contributed by atoms with van der Waals surface area (Å²) >= 11 is 0. The van der Waals surface area contributed by atoms with Gasteiger partial charge >= 0.3 is 6.03 Å². The Morgan fingerprint density at radius 1 is 1.41 bits per heavy atom. The number of methoxy groups -OCH3 is 1. The highest BCUT2D eigenvalue weighted by molar-refractivity contribution is 5.73. The number of nitrogens with zero attached hydrogens (tertiary/aromatic N) is 1. The first-order chi connectivity index (χ1) is 10.7. The van der Waals surface area contributed by atoms with Gasteiger partial charge in [-0.2, -0.15) is 0 Å². The molecule has 0 saturated carbocycles. The lowest BCUT2D eigenvalue weighted by Crippen LogP contribution is -2.43. The number of amides is 2. The van der Waals surface area contributed by atoms with E-state index < -0.39 is 0 Å². The molecule has 0 bridgehead atoms. The van der Waals surface area contributed by atoms with E-state index in [2.05, 4.69) is 5.32 Å². The molecule has 1 saturated heterocycles. The highest BCUT2D eigenvalue weighted by Gasteiger charge is 2.20. The zero-order valence-electron chi connectivity index (χ0n) is 13.4. The minimum absolute atomic E-state index is 0.150. The van der Waals surface area contributed by atoms with Crippen molar-refractivity contribution in [2.24, 2.45) is 0 Å². The Kier molecular flexibility index (Phi) is 5.89. The van der Waals surface area contributed by atoms with Crippen LogP contribution in [0.25, 0.3) is 0 Å². The molecule has 0 aliphatic carbocycles. The molecule has 22 heavy (non-hydrogen) atoms. The fourth-order valence-corrected chi connectivity index (χ4v) is 2.33. The SMILES string of the molecule is CCOc1ccc(C(C)NC(=O)N2CCCCO2)cc1OC. The van der Waals surface area contributed by atoms with Crippen molar-refractivity contribution in [2.75, 3.05) is 26.9 Å². The average molecular weight is 308 g/mol. The number of rotatable bonds is 5. The summed E-state index contributed by atoms with van der Waals surface area (Å²) in [5.41, 5.74) is 0.950. The smallest absolute Gasteiger partial charge is 0.341 e. The van der Waals surface area contributed by atoms with Gasteiger partial charge < -0.3 is 14.8 Å². The minimum atomic E-state index is -0.208. The number of carbonyl (C=O) groups is 1. The van der Waals surface area contributed by atoms with Crippen molar-refractivity contribution in [1.82, 2.24) is 10.4 Å². The maximum Gasteiger partial charge on any atom is 0.341 e. The number of hydrogen-bond acceptors (Lipinski definition) is 4. The summed E-state index contributed by atoms with van der Waals surface area (Å²) in [7, 11) is 1.60. The van der Waals surface area contributed by atoms with Crippen LogP contribution in [-0.2, 0) is 4.84 Å². The van der Waals surface area contributed by atoms with Gasteiger partial charge in [0, 0.05) is 0 Å². The number of hydroxylamine groups is 2. The highest BCUT2D eigenvalue weighted by atomic mass is 16.7. The van der Waals surface area contributed by atoms with Gasteiger partial charge in [-0.15, -0.1) is 0 Å². The lowest BCUT2D eigenvalue weighted by Gasteiger charge is -2.27. The molecule has 0 spiro atoms. The normalized spacial score (nSPS) is 16.0. The fourth-order valence-electron chi connectivity index (χ4n) is 2.33. The molecular weight excluding hydrogens is 284 g/mol. The van der Waals surface area contributed by atoms with Crippen LogP contribution in [-0.4, -0.2) is 38.0 Å². The maximum absolute atomic E-state index is 12.1. The summed E-state index contributed by atoms with van der Waals surface area (Å²) in [5, 5.41) is 4.33. The summed E-state index contributed by atoms with van der Waals surface area (Å²) < 4.78 is 10.8. The first-order valence-electron chi connectivity index (χ1n) is 7.67. The van der Waals surface area contributed by atoms with Crippen LogP contribution < -0.4 is 14.8 Å². The van der Waals surface area contributed by atoms with E-state index in [0.717, 1.165) is 18.4 Å². The van der Waals surface area contributed by atoms with E-state index >= 15 is 0 Å². The Morgan fingerprint density at radius 2 is 2.23 bits per heavy atom. The molecule has 6 nitrogen and oxygen atoms in total. The third-order valence-electron chi connectivity index (χ3n) is 3.56. The van der Waals surface area contributed by atoms with Gasteiger partial charge in [-0.25, -0.2) is 9.86 Å². The summed E-state index contributed by atoms with van der Waals surface area (Å²) in [6.07, 6.45) is 1.97. The lowest BCUT2D eigenvalue weighted by atomic mass is 10.1. The largest absolute Gasteiger partial charge is 0.493 e. The van der Waals surface area contributed by atoms with Crippen molar-refractivity contribution in [3.8, 4) is 11.5 Å². The zero-order valence-corrected chi connectivity index (χ0v) is 13.4. The lowest BCUT2D eigenvalue weighted by molar-refractivity contribution is -0.139. The van der Waals surface area contributed by atoms with Gasteiger partial charge in [-0.3, -0.25) is 4.84 Å². The highest BCUT2D eigenvalue weighted by Crippen LogP contribution is 2.30. The molecular formula is C16H24N2O4. The number of benzene rings is 1. The van der Waals surface area contributed by atoms with Crippen molar-refractivity contribution < 1.29 is 19.1 Å². The molecule has 1 aliphatic rings. The first-order valence-corrected chi connectivity index (χ1v) is 7.67. The van der Waals surface area contributed by atoms with Crippen LogP contribution in [0.3, 0.4) is 0 Å². The molecule has 0 radical (unpaired) electrons. The Bertz CT molecular complexity index is 501. The molecule has 1 aliphatic heterocycles. The van der Waals surface area contributed by atoms with Gasteiger partial charge in [0.15, 0.2) is 11.5 Å². The van der Waals surface area contributed by atoms with Gasteiger partial charge in [0.1, 0.15) is 0 Å². The Labute approximate surface area is 131 Å². The molecule has 2 rings (SSSR count). The van der Waals surface area contributed by atoms with Crippen LogP contribution in [0.5, 0.6) is 11.5 Å². The van der Waals surface area contributed by atoms with E-state index in [1.807, 2.05) is 32.0 Å². The van der Waals surface area contributed by atoms with Crippen LogP contribution in [0.4, 0.5) is 4.79 Å². The summed E-state index contributed by atoms with van der Waals surface area (Å²) in [5.74, 6) is 1.36. The number of urea groups is 1. The third-order valence-corrected chi connectivity index (χ3v) is 3.56. The second kappa shape index (κ2) is 7.89. The molecule has 1 atom stereocenters. The monoisotopic (exact) mass is 308 g/mol. The van der Waals surface area contributed by atoms with E-state index in [0.29, 0.717) is 31.3 Å².